The van der Waals surface area contributed by atoms with Crippen molar-refractivity contribution in [2.24, 2.45) is 0 Å². The lowest BCUT2D eigenvalue weighted by molar-refractivity contribution is -0.138. The summed E-state index contributed by atoms with van der Waals surface area (Å²) < 4.78 is 5.15. The molecule has 0 amide bonds. The van der Waals surface area contributed by atoms with Crippen molar-refractivity contribution in [1.82, 2.24) is 0 Å². The fourth-order valence-corrected chi connectivity index (χ4v) is 1.62. The summed E-state index contributed by atoms with van der Waals surface area (Å²) in [5.74, 6) is -0.330. The van der Waals surface area contributed by atoms with E-state index in [9.17, 15) is 4.79 Å². The third-order valence-corrected chi connectivity index (χ3v) is 2.77. The van der Waals surface area contributed by atoms with Crippen molar-refractivity contribution in [1.29, 1.82) is 0 Å². The van der Waals surface area contributed by atoms with Crippen molar-refractivity contribution in [2.75, 3.05) is 6.61 Å². The summed E-state index contributed by atoms with van der Waals surface area (Å²) in [7, 11) is 0. The highest BCUT2D eigenvalue weighted by Crippen LogP contribution is 2.06. The van der Waals surface area contributed by atoms with E-state index in [0.717, 1.165) is 18.4 Å². The van der Waals surface area contributed by atoms with E-state index in [0.29, 0.717) is 12.2 Å². The standard InChI is InChI=1S/C17H22O2/c1-3-4-5-9-14-19-17(18)15(2)12-13-16-10-7-6-8-11-16/h6-8,10-13H,2-5,9,14H2,1H3. The topological polar surface area (TPSA) is 26.3 Å². The Bertz CT molecular complexity index is 418. The van der Waals surface area contributed by atoms with Crippen LogP contribution in [0.4, 0.5) is 0 Å². The van der Waals surface area contributed by atoms with Gasteiger partial charge in [0.05, 0.1) is 12.2 Å². The number of carbonyl (C=O) groups is 1. The Kier molecular flexibility index (Phi) is 7.33. The van der Waals surface area contributed by atoms with Crippen LogP contribution < -0.4 is 0 Å². The molecule has 1 aromatic carbocycles. The number of hydrogen-bond donors (Lipinski definition) is 0. The van der Waals surface area contributed by atoms with Gasteiger partial charge in [0.2, 0.25) is 0 Å². The second-order valence-electron chi connectivity index (χ2n) is 4.47. The predicted molar refractivity (Wildman–Crippen MR) is 79.7 cm³/mol. The summed E-state index contributed by atoms with van der Waals surface area (Å²) in [5.41, 5.74) is 1.43. The van der Waals surface area contributed by atoms with Gasteiger partial charge in [0, 0.05) is 0 Å². The van der Waals surface area contributed by atoms with Crippen molar-refractivity contribution in [3.05, 3.63) is 54.1 Å². The summed E-state index contributed by atoms with van der Waals surface area (Å²) in [6, 6.07) is 9.80. The number of carbonyl (C=O) groups excluding carboxylic acids is 1. The Morgan fingerprint density at radius 3 is 2.63 bits per heavy atom. The molecule has 1 rings (SSSR count). The number of esters is 1. The van der Waals surface area contributed by atoms with Gasteiger partial charge in [0.1, 0.15) is 0 Å². The van der Waals surface area contributed by atoms with Gasteiger partial charge in [-0.05, 0) is 18.1 Å². The molecule has 0 aliphatic carbocycles. The van der Waals surface area contributed by atoms with E-state index in [-0.39, 0.29) is 5.97 Å². The van der Waals surface area contributed by atoms with Gasteiger partial charge >= 0.3 is 5.97 Å². The molecule has 2 heteroatoms. The highest BCUT2D eigenvalue weighted by molar-refractivity contribution is 5.92. The first kappa shape index (κ1) is 15.2. The van der Waals surface area contributed by atoms with Crippen LogP contribution in [-0.4, -0.2) is 12.6 Å². The van der Waals surface area contributed by atoms with Crippen LogP contribution in [0, 0.1) is 0 Å². The van der Waals surface area contributed by atoms with E-state index in [1.807, 2.05) is 36.4 Å². The molecule has 0 bridgehead atoms. The summed E-state index contributed by atoms with van der Waals surface area (Å²) in [4.78, 5) is 11.6. The van der Waals surface area contributed by atoms with Gasteiger partial charge in [-0.2, -0.15) is 0 Å². The van der Waals surface area contributed by atoms with Crippen LogP contribution in [0.2, 0.25) is 0 Å². The van der Waals surface area contributed by atoms with Crippen LogP contribution >= 0.6 is 0 Å². The van der Waals surface area contributed by atoms with E-state index >= 15 is 0 Å². The molecule has 0 spiro atoms. The minimum absolute atomic E-state index is 0.330. The van der Waals surface area contributed by atoms with E-state index in [1.165, 1.54) is 12.8 Å². The first-order valence-electron chi connectivity index (χ1n) is 6.83. The van der Waals surface area contributed by atoms with Crippen molar-refractivity contribution in [2.45, 2.75) is 32.6 Å². The van der Waals surface area contributed by atoms with Gasteiger partial charge in [-0.15, -0.1) is 0 Å². The van der Waals surface area contributed by atoms with Crippen LogP contribution in [0.15, 0.2) is 48.6 Å². The van der Waals surface area contributed by atoms with Gasteiger partial charge in [-0.1, -0.05) is 69.2 Å². The average molecular weight is 258 g/mol. The lowest BCUT2D eigenvalue weighted by Crippen LogP contribution is -2.06. The molecule has 0 saturated heterocycles. The van der Waals surface area contributed by atoms with Gasteiger partial charge in [0.25, 0.3) is 0 Å². The van der Waals surface area contributed by atoms with Gasteiger partial charge in [-0.3, -0.25) is 0 Å². The van der Waals surface area contributed by atoms with Crippen LogP contribution in [-0.2, 0) is 9.53 Å². The van der Waals surface area contributed by atoms with E-state index < -0.39 is 0 Å². The smallest absolute Gasteiger partial charge is 0.337 e. The maximum Gasteiger partial charge on any atom is 0.337 e. The molecule has 0 heterocycles. The molecule has 0 N–H and O–H groups in total. The molecule has 0 atom stereocenters. The summed E-state index contributed by atoms with van der Waals surface area (Å²) in [5, 5.41) is 0. The van der Waals surface area contributed by atoms with E-state index in [4.69, 9.17) is 4.74 Å². The summed E-state index contributed by atoms with van der Waals surface area (Å²) in [6.45, 7) is 6.36. The average Bonchev–Trinajstić information content (AvgIpc) is 2.45. The minimum Gasteiger partial charge on any atom is -0.462 e. The molecule has 0 radical (unpaired) electrons. The van der Waals surface area contributed by atoms with Crippen molar-refractivity contribution >= 4 is 12.0 Å². The molecule has 0 saturated carbocycles. The zero-order chi connectivity index (χ0) is 13.9. The van der Waals surface area contributed by atoms with Crippen LogP contribution in [0.1, 0.15) is 38.2 Å². The number of rotatable bonds is 8. The molecular weight excluding hydrogens is 236 g/mol. The quantitative estimate of drug-likeness (QED) is 0.299. The van der Waals surface area contributed by atoms with Crippen LogP contribution in [0.5, 0.6) is 0 Å². The third-order valence-electron chi connectivity index (χ3n) is 2.77. The number of benzene rings is 1. The fraction of sp³-hybridized carbons (Fsp3) is 0.353. The Hall–Kier alpha value is -1.83. The normalized spacial score (nSPS) is 10.6. The highest BCUT2D eigenvalue weighted by Gasteiger charge is 2.04. The van der Waals surface area contributed by atoms with Gasteiger partial charge in [0.15, 0.2) is 0 Å². The molecule has 0 aliphatic rings. The third kappa shape index (κ3) is 6.61. The van der Waals surface area contributed by atoms with Crippen molar-refractivity contribution in [3.8, 4) is 0 Å². The Morgan fingerprint density at radius 1 is 1.21 bits per heavy atom. The molecule has 1 aromatic rings. The summed E-state index contributed by atoms with van der Waals surface area (Å²) in [6.07, 6.45) is 7.96. The van der Waals surface area contributed by atoms with E-state index in [1.54, 1.807) is 6.08 Å². The monoisotopic (exact) mass is 258 g/mol. The Labute approximate surface area is 115 Å². The highest BCUT2D eigenvalue weighted by atomic mass is 16.5. The fourth-order valence-electron chi connectivity index (χ4n) is 1.62. The molecule has 0 fully saturated rings. The number of hydrogen-bond acceptors (Lipinski definition) is 2. The molecule has 0 aliphatic heterocycles. The second-order valence-corrected chi connectivity index (χ2v) is 4.47. The molecule has 0 aromatic heterocycles. The van der Waals surface area contributed by atoms with Gasteiger partial charge < -0.3 is 4.74 Å². The number of ether oxygens (including phenoxy) is 1. The first-order chi connectivity index (χ1) is 9.24. The molecular formula is C17H22O2. The van der Waals surface area contributed by atoms with Crippen molar-refractivity contribution < 1.29 is 9.53 Å². The van der Waals surface area contributed by atoms with Gasteiger partial charge in [-0.25, -0.2) is 4.79 Å². The maximum absolute atomic E-state index is 11.6. The SMILES string of the molecule is C=C(C=Cc1ccccc1)C(=O)OCCCCCC. The molecule has 2 nitrogen and oxygen atoms in total. The summed E-state index contributed by atoms with van der Waals surface area (Å²) >= 11 is 0. The first-order valence-corrected chi connectivity index (χ1v) is 6.83. The zero-order valence-corrected chi connectivity index (χ0v) is 11.6. The lowest BCUT2D eigenvalue weighted by Gasteiger charge is -2.04. The maximum atomic E-state index is 11.6. The predicted octanol–water partition coefficient (Wildman–Crippen LogP) is 4.38. The Morgan fingerprint density at radius 2 is 1.95 bits per heavy atom. The van der Waals surface area contributed by atoms with E-state index in [2.05, 4.69) is 13.5 Å². The van der Waals surface area contributed by atoms with Crippen molar-refractivity contribution in [3.63, 3.8) is 0 Å². The number of unbranched alkanes of at least 4 members (excludes halogenated alkanes) is 3. The zero-order valence-electron chi connectivity index (χ0n) is 11.6. The largest absolute Gasteiger partial charge is 0.462 e. The molecule has 102 valence electrons. The Balaban J connectivity index is 2.29. The second kappa shape index (κ2) is 9.15. The van der Waals surface area contributed by atoms with Crippen LogP contribution in [0.3, 0.4) is 0 Å². The lowest BCUT2D eigenvalue weighted by atomic mass is 10.2. The molecule has 0 unspecified atom stereocenters. The molecule has 19 heavy (non-hydrogen) atoms. The van der Waals surface area contributed by atoms with Crippen LogP contribution in [0.25, 0.3) is 6.08 Å². The minimum atomic E-state index is -0.330.